The van der Waals surface area contributed by atoms with Crippen molar-refractivity contribution in [2.24, 2.45) is 0 Å². The summed E-state index contributed by atoms with van der Waals surface area (Å²) in [7, 11) is 1.82. The Hall–Kier alpha value is -0.673. The summed E-state index contributed by atoms with van der Waals surface area (Å²) >= 11 is 0. The summed E-state index contributed by atoms with van der Waals surface area (Å²) in [5, 5.41) is 0. The third-order valence-electron chi connectivity index (χ3n) is 3.95. The monoisotopic (exact) mass is 350 g/mol. The van der Waals surface area contributed by atoms with Gasteiger partial charge in [0.15, 0.2) is 6.10 Å². The molecule has 8 heteroatoms. The largest absolute Gasteiger partial charge is 0.530 e. The highest BCUT2D eigenvalue weighted by Crippen LogP contribution is 2.22. The van der Waals surface area contributed by atoms with Crippen LogP contribution in [0, 0.1) is 0 Å². The SMILES string of the molecule is CCCCCCCC(OCC1COC(=O)O1)[Si](OC)(OC)OC. The van der Waals surface area contributed by atoms with Crippen LogP contribution in [0.15, 0.2) is 0 Å². The highest BCUT2D eigenvalue weighted by Gasteiger charge is 2.48. The number of carbonyl (C=O) groups excluding carboxylic acids is 1. The van der Waals surface area contributed by atoms with Crippen LogP contribution in [0.1, 0.15) is 45.4 Å². The predicted molar refractivity (Wildman–Crippen MR) is 86.1 cm³/mol. The van der Waals surface area contributed by atoms with E-state index in [0.29, 0.717) is 0 Å². The second-order valence-corrected chi connectivity index (χ2v) is 8.62. The Kier molecular flexibility index (Phi) is 9.73. The molecule has 0 bridgehead atoms. The van der Waals surface area contributed by atoms with E-state index >= 15 is 0 Å². The van der Waals surface area contributed by atoms with Gasteiger partial charge in [0.05, 0.1) is 6.61 Å². The summed E-state index contributed by atoms with van der Waals surface area (Å²) in [4.78, 5) is 11.0. The number of hydrogen-bond acceptors (Lipinski definition) is 7. The summed E-state index contributed by atoms with van der Waals surface area (Å²) in [6.07, 6.45) is 5.55. The Bertz CT molecular complexity index is 328. The molecule has 0 aromatic rings. The van der Waals surface area contributed by atoms with Crippen molar-refractivity contribution in [2.45, 2.75) is 57.3 Å². The molecule has 0 saturated carbocycles. The van der Waals surface area contributed by atoms with Crippen LogP contribution in [0.2, 0.25) is 0 Å². The molecule has 0 aromatic carbocycles. The first-order valence-corrected chi connectivity index (χ1v) is 10.0. The number of ether oxygens (including phenoxy) is 3. The van der Waals surface area contributed by atoms with Gasteiger partial charge < -0.3 is 27.5 Å². The molecule has 1 aliphatic rings. The molecule has 1 rings (SSSR count). The predicted octanol–water partition coefficient (Wildman–Crippen LogP) is 2.68. The first kappa shape index (κ1) is 20.4. The normalized spacial score (nSPS) is 19.5. The van der Waals surface area contributed by atoms with Crippen LogP contribution in [0.25, 0.3) is 0 Å². The molecule has 23 heavy (non-hydrogen) atoms. The average molecular weight is 350 g/mol. The van der Waals surface area contributed by atoms with Crippen LogP contribution >= 0.6 is 0 Å². The maximum atomic E-state index is 11.0. The summed E-state index contributed by atoms with van der Waals surface area (Å²) < 4.78 is 32.3. The van der Waals surface area contributed by atoms with Crippen molar-refractivity contribution in [1.82, 2.24) is 0 Å². The van der Waals surface area contributed by atoms with E-state index in [1.807, 2.05) is 0 Å². The zero-order chi connectivity index (χ0) is 17.1. The molecule has 0 aliphatic carbocycles. The van der Waals surface area contributed by atoms with Crippen LogP contribution in [0.5, 0.6) is 0 Å². The molecule has 1 heterocycles. The summed E-state index contributed by atoms with van der Waals surface area (Å²) in [6.45, 7) is 2.65. The van der Waals surface area contributed by atoms with Gasteiger partial charge in [0, 0.05) is 21.3 Å². The second kappa shape index (κ2) is 11.0. The summed E-state index contributed by atoms with van der Waals surface area (Å²) in [5.41, 5.74) is -0.288. The molecule has 136 valence electrons. The molecule has 0 N–H and O–H groups in total. The maximum absolute atomic E-state index is 11.0. The molecule has 1 saturated heterocycles. The van der Waals surface area contributed by atoms with Gasteiger partial charge in [-0.05, 0) is 6.42 Å². The van der Waals surface area contributed by atoms with E-state index in [2.05, 4.69) is 6.92 Å². The van der Waals surface area contributed by atoms with Crippen LogP contribution in [0.3, 0.4) is 0 Å². The molecule has 0 radical (unpaired) electrons. The topological polar surface area (TPSA) is 72.5 Å². The minimum Gasteiger partial charge on any atom is -0.430 e. The number of cyclic esters (lactones) is 2. The van der Waals surface area contributed by atoms with E-state index in [9.17, 15) is 4.79 Å². The highest BCUT2D eigenvalue weighted by molar-refractivity contribution is 6.62. The van der Waals surface area contributed by atoms with Crippen molar-refractivity contribution in [3.05, 3.63) is 0 Å². The van der Waals surface area contributed by atoms with Crippen molar-refractivity contribution in [3.63, 3.8) is 0 Å². The number of unbranched alkanes of at least 4 members (excludes halogenated alkanes) is 4. The van der Waals surface area contributed by atoms with Gasteiger partial charge in [-0.1, -0.05) is 39.0 Å². The van der Waals surface area contributed by atoms with E-state index in [1.165, 1.54) is 19.3 Å². The molecule has 7 nitrogen and oxygen atoms in total. The molecule has 1 fully saturated rings. The number of carbonyl (C=O) groups is 1. The maximum Gasteiger partial charge on any atom is 0.530 e. The zero-order valence-corrected chi connectivity index (χ0v) is 15.7. The van der Waals surface area contributed by atoms with Crippen LogP contribution < -0.4 is 0 Å². The zero-order valence-electron chi connectivity index (χ0n) is 14.7. The van der Waals surface area contributed by atoms with Crippen LogP contribution in [-0.2, 0) is 27.5 Å². The van der Waals surface area contributed by atoms with Gasteiger partial charge in [0.1, 0.15) is 12.3 Å². The summed E-state index contributed by atoms with van der Waals surface area (Å²) in [5.74, 6) is 0. The van der Waals surface area contributed by atoms with E-state index in [0.717, 1.165) is 19.3 Å². The van der Waals surface area contributed by atoms with Gasteiger partial charge in [-0.25, -0.2) is 4.79 Å². The Balaban J connectivity index is 2.54. The van der Waals surface area contributed by atoms with Gasteiger partial charge in [-0.15, -0.1) is 0 Å². The molecule has 0 aromatic heterocycles. The minimum atomic E-state index is -2.91. The lowest BCUT2D eigenvalue weighted by atomic mass is 10.1. The third-order valence-corrected chi connectivity index (χ3v) is 6.90. The quantitative estimate of drug-likeness (QED) is 0.287. The van der Waals surface area contributed by atoms with Gasteiger partial charge >= 0.3 is 15.0 Å². The van der Waals surface area contributed by atoms with E-state index in [1.54, 1.807) is 21.3 Å². The molecule has 2 unspecified atom stereocenters. The Morgan fingerprint density at radius 1 is 1.13 bits per heavy atom. The molecular formula is C15H30O7Si. The van der Waals surface area contributed by atoms with Gasteiger partial charge in [-0.2, -0.15) is 0 Å². The first-order valence-electron chi connectivity index (χ1n) is 8.22. The van der Waals surface area contributed by atoms with Crippen molar-refractivity contribution < 1.29 is 32.3 Å². The van der Waals surface area contributed by atoms with Gasteiger partial charge in [0.25, 0.3) is 0 Å². The van der Waals surface area contributed by atoms with Crippen LogP contribution in [-0.4, -0.2) is 61.3 Å². The fraction of sp³-hybridized carbons (Fsp3) is 0.933. The van der Waals surface area contributed by atoms with E-state index < -0.39 is 15.0 Å². The lowest BCUT2D eigenvalue weighted by Gasteiger charge is -2.32. The average Bonchev–Trinajstić information content (AvgIpc) is 2.99. The smallest absolute Gasteiger partial charge is 0.430 e. The van der Waals surface area contributed by atoms with Crippen molar-refractivity contribution in [2.75, 3.05) is 34.5 Å². The fourth-order valence-electron chi connectivity index (χ4n) is 2.61. The Morgan fingerprint density at radius 2 is 1.78 bits per heavy atom. The molecule has 0 amide bonds. The Labute approximate surface area is 139 Å². The van der Waals surface area contributed by atoms with E-state index in [-0.39, 0.29) is 25.0 Å². The van der Waals surface area contributed by atoms with Gasteiger partial charge in [-0.3, -0.25) is 0 Å². The van der Waals surface area contributed by atoms with Crippen molar-refractivity contribution in [3.8, 4) is 0 Å². The highest BCUT2D eigenvalue weighted by atomic mass is 28.4. The fourth-order valence-corrected chi connectivity index (χ4v) is 4.76. The molecular weight excluding hydrogens is 320 g/mol. The lowest BCUT2D eigenvalue weighted by Crippen LogP contribution is -2.56. The van der Waals surface area contributed by atoms with Gasteiger partial charge in [0.2, 0.25) is 0 Å². The standard InChI is InChI=1S/C15H30O7Si/c1-5-6-7-8-9-10-14(23(17-2,18-3)19-4)20-11-13-12-21-15(16)22-13/h13-14H,5-12H2,1-4H3. The minimum absolute atomic E-state index is 0.212. The summed E-state index contributed by atoms with van der Waals surface area (Å²) in [6, 6.07) is 0. The molecule has 1 aliphatic heterocycles. The van der Waals surface area contributed by atoms with Crippen molar-refractivity contribution >= 4 is 15.0 Å². The van der Waals surface area contributed by atoms with Crippen molar-refractivity contribution in [1.29, 1.82) is 0 Å². The third kappa shape index (κ3) is 6.38. The van der Waals surface area contributed by atoms with Crippen LogP contribution in [0.4, 0.5) is 4.79 Å². The number of rotatable bonds is 13. The first-order chi connectivity index (χ1) is 11.1. The molecule has 0 spiro atoms. The molecule has 2 atom stereocenters. The van der Waals surface area contributed by atoms with E-state index in [4.69, 9.17) is 27.5 Å². The lowest BCUT2D eigenvalue weighted by molar-refractivity contribution is -0.0205. The Morgan fingerprint density at radius 3 is 2.30 bits per heavy atom. The second-order valence-electron chi connectivity index (χ2n) is 5.54. The number of hydrogen-bond donors (Lipinski definition) is 0.